The van der Waals surface area contributed by atoms with Crippen LogP contribution >= 0.6 is 11.3 Å². The largest absolute Gasteiger partial charge is 0.358 e. The Hall–Kier alpha value is -2.97. The standard InChI is InChI=1S/C19H14FN3S/c1-13-6-8-14(9-7-13)18-12-24-19(23-18)15(10-21)11-22-17-5-3-2-4-16(17)20/h2-9,11-12,22H,1H3/b15-11+. The Morgan fingerprint density at radius 1 is 1.21 bits per heavy atom. The maximum atomic E-state index is 13.6. The Kier molecular flexibility index (Phi) is 4.69. The molecule has 0 atom stereocenters. The van der Waals surface area contributed by atoms with Crippen molar-refractivity contribution in [1.29, 1.82) is 5.26 Å². The number of aryl methyl sites for hydroxylation is 1. The number of anilines is 1. The van der Waals surface area contributed by atoms with Crippen LogP contribution in [0.5, 0.6) is 0 Å². The summed E-state index contributed by atoms with van der Waals surface area (Å²) in [4.78, 5) is 4.51. The molecule has 0 unspecified atom stereocenters. The first kappa shape index (κ1) is 15.9. The van der Waals surface area contributed by atoms with E-state index in [1.807, 2.05) is 36.6 Å². The second-order valence-electron chi connectivity index (χ2n) is 5.20. The van der Waals surface area contributed by atoms with Crippen LogP contribution in [0.4, 0.5) is 10.1 Å². The Labute approximate surface area is 143 Å². The van der Waals surface area contributed by atoms with E-state index in [2.05, 4.69) is 16.4 Å². The van der Waals surface area contributed by atoms with Crippen molar-refractivity contribution in [2.45, 2.75) is 6.92 Å². The van der Waals surface area contributed by atoms with Crippen LogP contribution in [0.25, 0.3) is 16.8 Å². The first-order chi connectivity index (χ1) is 11.7. The quantitative estimate of drug-likeness (QED) is 0.664. The zero-order valence-corrected chi connectivity index (χ0v) is 13.8. The molecule has 0 bridgehead atoms. The third-order valence-corrected chi connectivity index (χ3v) is 4.32. The lowest BCUT2D eigenvalue weighted by Gasteiger charge is -2.02. The number of benzene rings is 2. The van der Waals surface area contributed by atoms with Gasteiger partial charge in [-0.3, -0.25) is 0 Å². The predicted octanol–water partition coefficient (Wildman–Crippen LogP) is 5.23. The van der Waals surface area contributed by atoms with Crippen LogP contribution in [0, 0.1) is 24.1 Å². The van der Waals surface area contributed by atoms with Crippen LogP contribution in [-0.2, 0) is 0 Å². The maximum Gasteiger partial charge on any atom is 0.146 e. The molecular weight excluding hydrogens is 321 g/mol. The minimum Gasteiger partial charge on any atom is -0.358 e. The van der Waals surface area contributed by atoms with Crippen molar-refractivity contribution >= 4 is 22.6 Å². The van der Waals surface area contributed by atoms with Gasteiger partial charge in [-0.1, -0.05) is 42.0 Å². The second-order valence-corrected chi connectivity index (χ2v) is 6.06. The number of nitriles is 1. The number of allylic oxidation sites excluding steroid dienone is 1. The summed E-state index contributed by atoms with van der Waals surface area (Å²) in [6, 6.07) is 16.5. The molecule has 2 aromatic carbocycles. The Morgan fingerprint density at radius 3 is 2.67 bits per heavy atom. The fourth-order valence-electron chi connectivity index (χ4n) is 2.12. The van der Waals surface area contributed by atoms with Gasteiger partial charge in [-0.15, -0.1) is 11.3 Å². The lowest BCUT2D eigenvalue weighted by Crippen LogP contribution is -1.93. The molecule has 0 spiro atoms. The van der Waals surface area contributed by atoms with Crippen molar-refractivity contribution in [2.75, 3.05) is 5.32 Å². The zero-order valence-electron chi connectivity index (χ0n) is 13.0. The molecule has 0 aliphatic rings. The van der Waals surface area contributed by atoms with Crippen LogP contribution in [0.15, 0.2) is 60.1 Å². The van der Waals surface area contributed by atoms with E-state index >= 15 is 0 Å². The minimum absolute atomic E-state index is 0.320. The van der Waals surface area contributed by atoms with Crippen molar-refractivity contribution < 1.29 is 4.39 Å². The van der Waals surface area contributed by atoms with Crippen molar-refractivity contribution in [3.05, 3.63) is 76.5 Å². The molecule has 118 valence electrons. The zero-order chi connectivity index (χ0) is 16.9. The SMILES string of the molecule is Cc1ccc(-c2csc(/C(C#N)=C/Nc3ccccc3F)n2)cc1. The van der Waals surface area contributed by atoms with E-state index in [-0.39, 0.29) is 5.82 Å². The van der Waals surface area contributed by atoms with Crippen LogP contribution in [-0.4, -0.2) is 4.98 Å². The summed E-state index contributed by atoms with van der Waals surface area (Å²) in [6.45, 7) is 2.03. The molecule has 3 nitrogen and oxygen atoms in total. The third-order valence-electron chi connectivity index (χ3n) is 3.45. The van der Waals surface area contributed by atoms with Gasteiger partial charge >= 0.3 is 0 Å². The Balaban J connectivity index is 1.84. The molecule has 0 saturated heterocycles. The van der Waals surface area contributed by atoms with Crippen molar-refractivity contribution in [1.82, 2.24) is 4.98 Å². The van der Waals surface area contributed by atoms with Gasteiger partial charge in [0.15, 0.2) is 0 Å². The Morgan fingerprint density at radius 2 is 1.96 bits per heavy atom. The second kappa shape index (κ2) is 7.07. The van der Waals surface area contributed by atoms with Gasteiger partial charge in [-0.2, -0.15) is 5.26 Å². The van der Waals surface area contributed by atoms with E-state index < -0.39 is 0 Å². The smallest absolute Gasteiger partial charge is 0.146 e. The van der Waals surface area contributed by atoms with Gasteiger partial charge in [0.2, 0.25) is 0 Å². The fourth-order valence-corrected chi connectivity index (χ4v) is 2.92. The summed E-state index contributed by atoms with van der Waals surface area (Å²) in [5.74, 6) is -0.370. The number of para-hydroxylation sites is 1. The van der Waals surface area contributed by atoms with Gasteiger partial charge in [0.05, 0.1) is 11.4 Å². The highest BCUT2D eigenvalue weighted by atomic mass is 32.1. The molecule has 1 N–H and O–H groups in total. The molecule has 24 heavy (non-hydrogen) atoms. The number of aromatic nitrogens is 1. The number of hydrogen-bond donors (Lipinski definition) is 1. The lowest BCUT2D eigenvalue weighted by atomic mass is 10.1. The van der Waals surface area contributed by atoms with Crippen LogP contribution in [0.3, 0.4) is 0 Å². The van der Waals surface area contributed by atoms with Crippen molar-refractivity contribution in [2.24, 2.45) is 0 Å². The molecular formula is C19H14FN3S. The Bertz CT molecular complexity index is 920. The van der Waals surface area contributed by atoms with Gasteiger partial charge in [-0.25, -0.2) is 9.37 Å². The van der Waals surface area contributed by atoms with E-state index in [9.17, 15) is 9.65 Å². The molecule has 5 heteroatoms. The maximum absolute atomic E-state index is 13.6. The molecule has 0 radical (unpaired) electrons. The van der Waals surface area contributed by atoms with E-state index in [1.54, 1.807) is 18.2 Å². The highest BCUT2D eigenvalue weighted by Crippen LogP contribution is 2.26. The van der Waals surface area contributed by atoms with E-state index in [0.717, 1.165) is 11.3 Å². The van der Waals surface area contributed by atoms with Gasteiger partial charge < -0.3 is 5.32 Å². The van der Waals surface area contributed by atoms with Gasteiger partial charge in [-0.05, 0) is 19.1 Å². The van der Waals surface area contributed by atoms with E-state index in [1.165, 1.54) is 29.2 Å². The minimum atomic E-state index is -0.370. The number of nitrogens with zero attached hydrogens (tertiary/aromatic N) is 2. The molecule has 3 aromatic rings. The molecule has 3 rings (SSSR count). The summed E-state index contributed by atoms with van der Waals surface area (Å²) in [5.41, 5.74) is 3.69. The molecule has 0 aliphatic heterocycles. The molecule has 0 fully saturated rings. The van der Waals surface area contributed by atoms with Gasteiger partial charge in [0, 0.05) is 17.1 Å². The predicted molar refractivity (Wildman–Crippen MR) is 95.9 cm³/mol. The third kappa shape index (κ3) is 3.50. The number of nitrogens with one attached hydrogen (secondary N) is 1. The summed E-state index contributed by atoms with van der Waals surface area (Å²) in [5, 5.41) is 14.7. The van der Waals surface area contributed by atoms with Crippen LogP contribution in [0.1, 0.15) is 10.6 Å². The first-order valence-electron chi connectivity index (χ1n) is 7.31. The number of hydrogen-bond acceptors (Lipinski definition) is 4. The first-order valence-corrected chi connectivity index (χ1v) is 8.19. The number of rotatable bonds is 4. The summed E-state index contributed by atoms with van der Waals surface area (Å²) in [7, 11) is 0. The van der Waals surface area contributed by atoms with E-state index in [0.29, 0.717) is 16.3 Å². The number of halogens is 1. The molecule has 0 aliphatic carbocycles. The lowest BCUT2D eigenvalue weighted by molar-refractivity contribution is 0.632. The van der Waals surface area contributed by atoms with Crippen molar-refractivity contribution in [3.63, 3.8) is 0 Å². The summed E-state index contributed by atoms with van der Waals surface area (Å²) >= 11 is 1.38. The summed E-state index contributed by atoms with van der Waals surface area (Å²) < 4.78 is 13.6. The fraction of sp³-hybridized carbons (Fsp3) is 0.0526. The molecule has 1 aromatic heterocycles. The van der Waals surface area contributed by atoms with Gasteiger partial charge in [0.25, 0.3) is 0 Å². The van der Waals surface area contributed by atoms with E-state index in [4.69, 9.17) is 0 Å². The monoisotopic (exact) mass is 335 g/mol. The van der Waals surface area contributed by atoms with Crippen LogP contribution < -0.4 is 5.32 Å². The molecule has 0 amide bonds. The average Bonchev–Trinajstić information content (AvgIpc) is 3.07. The molecule has 0 saturated carbocycles. The highest BCUT2D eigenvalue weighted by molar-refractivity contribution is 7.11. The number of thiazole rings is 1. The van der Waals surface area contributed by atoms with Gasteiger partial charge in [0.1, 0.15) is 22.5 Å². The average molecular weight is 335 g/mol. The highest BCUT2D eigenvalue weighted by Gasteiger charge is 2.09. The normalized spacial score (nSPS) is 11.1. The summed E-state index contributed by atoms with van der Waals surface area (Å²) in [6.07, 6.45) is 1.48. The topological polar surface area (TPSA) is 48.7 Å². The van der Waals surface area contributed by atoms with Crippen molar-refractivity contribution in [3.8, 4) is 17.3 Å². The van der Waals surface area contributed by atoms with Crippen LogP contribution in [0.2, 0.25) is 0 Å². The molecule has 1 heterocycles.